The molecule has 2 aromatic rings. The van der Waals surface area contributed by atoms with Crippen molar-refractivity contribution in [3.63, 3.8) is 0 Å². The second-order valence-electron chi connectivity index (χ2n) is 7.54. The summed E-state index contributed by atoms with van der Waals surface area (Å²) in [6, 6.07) is 12.3. The number of aliphatic imine (C=N–C) groups is 1. The van der Waals surface area contributed by atoms with E-state index >= 15 is 0 Å². The first kappa shape index (κ1) is 26.2. The summed E-state index contributed by atoms with van der Waals surface area (Å²) in [6.45, 7) is 14.4. The SMILES string of the molecule is CCNC(=NCc1ccc(N2CCN(CC)CC2)nc1)NCc1ccccc1OCC.I. The molecule has 32 heavy (non-hydrogen) atoms. The third-order valence-electron chi connectivity index (χ3n) is 5.44. The quantitative estimate of drug-likeness (QED) is 0.282. The molecule has 176 valence electrons. The molecule has 0 saturated carbocycles. The fourth-order valence-electron chi connectivity index (χ4n) is 3.63. The van der Waals surface area contributed by atoms with Gasteiger partial charge in [0.15, 0.2) is 5.96 Å². The van der Waals surface area contributed by atoms with Gasteiger partial charge in [-0.15, -0.1) is 24.0 Å². The lowest BCUT2D eigenvalue weighted by Crippen LogP contribution is -2.46. The van der Waals surface area contributed by atoms with Crippen LogP contribution in [0.4, 0.5) is 5.82 Å². The van der Waals surface area contributed by atoms with E-state index in [1.54, 1.807) is 0 Å². The zero-order valence-electron chi connectivity index (χ0n) is 19.5. The van der Waals surface area contributed by atoms with Gasteiger partial charge in [0.25, 0.3) is 0 Å². The number of piperazine rings is 1. The number of guanidine groups is 1. The van der Waals surface area contributed by atoms with Crippen molar-refractivity contribution in [2.24, 2.45) is 4.99 Å². The van der Waals surface area contributed by atoms with Crippen molar-refractivity contribution >= 4 is 35.8 Å². The Hall–Kier alpha value is -2.07. The summed E-state index contributed by atoms with van der Waals surface area (Å²) in [5.41, 5.74) is 2.21. The van der Waals surface area contributed by atoms with Crippen molar-refractivity contribution in [2.75, 3.05) is 50.8 Å². The maximum absolute atomic E-state index is 5.72. The Balaban J connectivity index is 0.00000363. The summed E-state index contributed by atoms with van der Waals surface area (Å²) in [5, 5.41) is 6.72. The molecule has 0 amide bonds. The van der Waals surface area contributed by atoms with Gasteiger partial charge < -0.3 is 25.2 Å². The second-order valence-corrected chi connectivity index (χ2v) is 7.54. The molecule has 0 bridgehead atoms. The summed E-state index contributed by atoms with van der Waals surface area (Å²) >= 11 is 0. The van der Waals surface area contributed by atoms with Gasteiger partial charge >= 0.3 is 0 Å². The second kappa shape index (κ2) is 14.2. The molecule has 2 heterocycles. The maximum Gasteiger partial charge on any atom is 0.191 e. The topological polar surface area (TPSA) is 65.0 Å². The monoisotopic (exact) mass is 552 g/mol. The van der Waals surface area contributed by atoms with Crippen LogP contribution >= 0.6 is 24.0 Å². The van der Waals surface area contributed by atoms with Crippen LogP contribution in [0.25, 0.3) is 0 Å². The van der Waals surface area contributed by atoms with E-state index in [-0.39, 0.29) is 24.0 Å². The van der Waals surface area contributed by atoms with Crippen LogP contribution in [0.2, 0.25) is 0 Å². The van der Waals surface area contributed by atoms with E-state index in [0.717, 1.165) is 67.9 Å². The molecular weight excluding hydrogens is 515 g/mol. The minimum atomic E-state index is 0. The highest BCUT2D eigenvalue weighted by molar-refractivity contribution is 14.0. The Bertz CT molecular complexity index is 821. The molecule has 7 nitrogen and oxygen atoms in total. The molecule has 3 rings (SSSR count). The van der Waals surface area contributed by atoms with E-state index in [0.29, 0.717) is 19.7 Å². The number of ether oxygens (including phenoxy) is 1. The minimum absolute atomic E-state index is 0. The third-order valence-corrected chi connectivity index (χ3v) is 5.44. The molecule has 1 aromatic heterocycles. The first-order chi connectivity index (χ1) is 15.2. The summed E-state index contributed by atoms with van der Waals surface area (Å²) in [4.78, 5) is 14.3. The number of pyridine rings is 1. The number of hydrogen-bond donors (Lipinski definition) is 2. The molecular formula is C24H37IN6O. The molecule has 1 aliphatic heterocycles. The van der Waals surface area contributed by atoms with Crippen molar-refractivity contribution in [2.45, 2.75) is 33.9 Å². The van der Waals surface area contributed by atoms with E-state index in [2.05, 4.69) is 57.5 Å². The molecule has 1 fully saturated rings. The average Bonchev–Trinajstić information content (AvgIpc) is 2.82. The fraction of sp³-hybridized carbons (Fsp3) is 0.500. The molecule has 0 radical (unpaired) electrons. The molecule has 1 aliphatic rings. The molecule has 1 saturated heterocycles. The van der Waals surface area contributed by atoms with Crippen LogP contribution in [-0.2, 0) is 13.1 Å². The Morgan fingerprint density at radius 1 is 1.03 bits per heavy atom. The highest BCUT2D eigenvalue weighted by Gasteiger charge is 2.16. The van der Waals surface area contributed by atoms with E-state index in [9.17, 15) is 0 Å². The molecule has 0 aliphatic carbocycles. The largest absolute Gasteiger partial charge is 0.494 e. The van der Waals surface area contributed by atoms with Gasteiger partial charge in [-0.1, -0.05) is 31.2 Å². The molecule has 2 N–H and O–H groups in total. The number of halogens is 1. The lowest BCUT2D eigenvalue weighted by molar-refractivity contribution is 0.270. The number of nitrogens with one attached hydrogen (secondary N) is 2. The van der Waals surface area contributed by atoms with Crippen molar-refractivity contribution in [3.05, 3.63) is 53.7 Å². The molecule has 0 atom stereocenters. The number of hydrogen-bond acceptors (Lipinski definition) is 5. The Labute approximate surface area is 209 Å². The van der Waals surface area contributed by atoms with Crippen LogP contribution in [0, 0.1) is 0 Å². The third kappa shape index (κ3) is 7.81. The predicted octanol–water partition coefficient (Wildman–Crippen LogP) is 3.50. The smallest absolute Gasteiger partial charge is 0.191 e. The van der Waals surface area contributed by atoms with Crippen LogP contribution < -0.4 is 20.3 Å². The summed E-state index contributed by atoms with van der Waals surface area (Å²) in [6.07, 6.45) is 1.94. The number of rotatable bonds is 9. The summed E-state index contributed by atoms with van der Waals surface area (Å²) < 4.78 is 5.72. The van der Waals surface area contributed by atoms with E-state index in [1.807, 2.05) is 31.3 Å². The molecule has 8 heteroatoms. The van der Waals surface area contributed by atoms with Gasteiger partial charge in [0.05, 0.1) is 13.2 Å². The highest BCUT2D eigenvalue weighted by Crippen LogP contribution is 2.17. The first-order valence-corrected chi connectivity index (χ1v) is 11.4. The number of nitrogens with zero attached hydrogens (tertiary/aromatic N) is 4. The summed E-state index contributed by atoms with van der Waals surface area (Å²) in [5.74, 6) is 2.75. The Morgan fingerprint density at radius 2 is 1.81 bits per heavy atom. The Morgan fingerprint density at radius 3 is 2.47 bits per heavy atom. The van der Waals surface area contributed by atoms with Gasteiger partial charge in [-0.25, -0.2) is 9.98 Å². The number of aromatic nitrogens is 1. The number of likely N-dealkylation sites (N-methyl/N-ethyl adjacent to an activating group) is 1. The number of para-hydroxylation sites is 1. The van der Waals surface area contributed by atoms with Crippen molar-refractivity contribution in [1.29, 1.82) is 0 Å². The Kier molecular flexibility index (Phi) is 11.6. The minimum Gasteiger partial charge on any atom is -0.494 e. The van der Waals surface area contributed by atoms with Gasteiger partial charge in [-0.2, -0.15) is 0 Å². The van der Waals surface area contributed by atoms with Crippen LogP contribution in [-0.4, -0.2) is 61.7 Å². The fourth-order valence-corrected chi connectivity index (χ4v) is 3.63. The van der Waals surface area contributed by atoms with E-state index in [4.69, 9.17) is 9.73 Å². The zero-order chi connectivity index (χ0) is 21.9. The van der Waals surface area contributed by atoms with Crippen LogP contribution in [0.1, 0.15) is 31.9 Å². The van der Waals surface area contributed by atoms with Crippen molar-refractivity contribution in [1.82, 2.24) is 20.5 Å². The standard InChI is InChI=1S/C24H36N6O.HI/c1-4-25-24(28-19-21-9-7-8-10-22(21)31-6-3)27-18-20-11-12-23(26-17-20)30-15-13-29(5-2)14-16-30;/h7-12,17H,4-6,13-16,18-19H2,1-3H3,(H2,25,27,28);1H. The van der Waals surface area contributed by atoms with Crippen LogP contribution in [0.5, 0.6) is 5.75 Å². The van der Waals surface area contributed by atoms with Gasteiger partial charge in [-0.3, -0.25) is 0 Å². The van der Waals surface area contributed by atoms with Gasteiger partial charge in [0.1, 0.15) is 11.6 Å². The van der Waals surface area contributed by atoms with Gasteiger partial charge in [-0.05, 0) is 38.1 Å². The average molecular weight is 553 g/mol. The van der Waals surface area contributed by atoms with Crippen LogP contribution in [0.3, 0.4) is 0 Å². The van der Waals surface area contributed by atoms with Crippen molar-refractivity contribution in [3.8, 4) is 5.75 Å². The van der Waals surface area contributed by atoms with Gasteiger partial charge in [0, 0.05) is 51.0 Å². The van der Waals surface area contributed by atoms with Gasteiger partial charge in [0.2, 0.25) is 0 Å². The lowest BCUT2D eigenvalue weighted by Gasteiger charge is -2.34. The van der Waals surface area contributed by atoms with E-state index in [1.165, 1.54) is 0 Å². The highest BCUT2D eigenvalue weighted by atomic mass is 127. The number of benzene rings is 1. The summed E-state index contributed by atoms with van der Waals surface area (Å²) in [7, 11) is 0. The van der Waals surface area contributed by atoms with Crippen LogP contribution in [0.15, 0.2) is 47.6 Å². The normalized spacial score (nSPS) is 14.6. The first-order valence-electron chi connectivity index (χ1n) is 11.4. The molecule has 0 unspecified atom stereocenters. The number of anilines is 1. The van der Waals surface area contributed by atoms with Crippen molar-refractivity contribution < 1.29 is 4.74 Å². The lowest BCUT2D eigenvalue weighted by atomic mass is 10.2. The molecule has 0 spiro atoms. The molecule has 1 aromatic carbocycles. The zero-order valence-corrected chi connectivity index (χ0v) is 21.8. The van der Waals surface area contributed by atoms with E-state index < -0.39 is 0 Å². The maximum atomic E-state index is 5.72. The predicted molar refractivity (Wildman–Crippen MR) is 143 cm³/mol.